The van der Waals surface area contributed by atoms with Crippen LogP contribution in [0.3, 0.4) is 0 Å². The number of Topliss-reactive ketones (excluding diaryl/α,β-unsaturated/α-hetero) is 1. The highest BCUT2D eigenvalue weighted by molar-refractivity contribution is 6.06. The van der Waals surface area contributed by atoms with E-state index in [0.29, 0.717) is 24.3 Å². The molecule has 0 amide bonds. The number of rotatable bonds is 2. The van der Waals surface area contributed by atoms with Crippen LogP contribution in [0.5, 0.6) is 0 Å². The molecule has 1 aromatic heterocycles. The number of ether oxygens (including phenoxy) is 1. The molecule has 0 N–H and O–H groups in total. The van der Waals surface area contributed by atoms with E-state index in [9.17, 15) is 9.59 Å². The zero-order chi connectivity index (χ0) is 17.4. The van der Waals surface area contributed by atoms with Gasteiger partial charge in [0.15, 0.2) is 11.9 Å². The van der Waals surface area contributed by atoms with Gasteiger partial charge in [-0.2, -0.15) is 0 Å². The second-order valence-electron chi connectivity index (χ2n) is 7.38. The number of esters is 1. The number of benzene rings is 1. The number of para-hydroxylation sites is 1. The van der Waals surface area contributed by atoms with E-state index in [-0.39, 0.29) is 11.8 Å². The first-order valence-corrected chi connectivity index (χ1v) is 9.27. The minimum Gasteiger partial charge on any atom is -0.451 e. The Morgan fingerprint density at radius 2 is 2.00 bits per heavy atom. The molecule has 0 bridgehead atoms. The fraction of sp³-hybridized carbons (Fsp3) is 0.476. The van der Waals surface area contributed by atoms with Crippen molar-refractivity contribution in [3.05, 3.63) is 41.1 Å². The fourth-order valence-corrected chi connectivity index (χ4v) is 4.06. The predicted octanol–water partition coefficient (Wildman–Crippen LogP) is 4.03. The molecular weight excluding hydrogens is 314 g/mol. The van der Waals surface area contributed by atoms with Gasteiger partial charge in [0.1, 0.15) is 0 Å². The fourth-order valence-electron chi connectivity index (χ4n) is 4.06. The van der Waals surface area contributed by atoms with E-state index in [1.165, 1.54) is 0 Å². The Labute approximate surface area is 147 Å². The summed E-state index contributed by atoms with van der Waals surface area (Å²) in [5.41, 5.74) is 3.49. The molecule has 4 nitrogen and oxygen atoms in total. The number of hydrogen-bond acceptors (Lipinski definition) is 4. The van der Waals surface area contributed by atoms with E-state index in [4.69, 9.17) is 9.72 Å². The number of pyridine rings is 1. The van der Waals surface area contributed by atoms with Crippen LogP contribution in [0.25, 0.3) is 10.9 Å². The molecule has 4 rings (SSSR count). The van der Waals surface area contributed by atoms with Gasteiger partial charge in [-0.3, -0.25) is 9.78 Å². The van der Waals surface area contributed by atoms with Crippen molar-refractivity contribution >= 4 is 22.7 Å². The van der Waals surface area contributed by atoms with E-state index in [1.807, 2.05) is 24.3 Å². The van der Waals surface area contributed by atoms with Crippen molar-refractivity contribution in [3.8, 4) is 0 Å². The molecule has 1 fully saturated rings. The molecule has 0 spiro atoms. The van der Waals surface area contributed by atoms with Gasteiger partial charge < -0.3 is 4.74 Å². The molecule has 25 heavy (non-hydrogen) atoms. The summed E-state index contributed by atoms with van der Waals surface area (Å²) in [6.07, 6.45) is 5.25. The highest BCUT2D eigenvalue weighted by atomic mass is 16.5. The van der Waals surface area contributed by atoms with Gasteiger partial charge in [-0.05, 0) is 56.1 Å². The summed E-state index contributed by atoms with van der Waals surface area (Å²) in [6, 6.07) is 7.73. The summed E-state index contributed by atoms with van der Waals surface area (Å²) >= 11 is 0. The molecular formula is C21H23NO3. The summed E-state index contributed by atoms with van der Waals surface area (Å²) in [5, 5.41) is 0.837. The van der Waals surface area contributed by atoms with Crippen molar-refractivity contribution in [2.45, 2.75) is 58.0 Å². The molecule has 2 aromatic rings. The number of fused-ring (bicyclic) bond motifs is 2. The van der Waals surface area contributed by atoms with Gasteiger partial charge in [0, 0.05) is 17.5 Å². The second-order valence-corrected chi connectivity index (χ2v) is 7.38. The minimum atomic E-state index is -0.579. The summed E-state index contributed by atoms with van der Waals surface area (Å²) < 4.78 is 5.68. The Morgan fingerprint density at radius 1 is 1.16 bits per heavy atom. The number of ketones is 1. The number of aromatic nitrogens is 1. The quantitative estimate of drug-likeness (QED) is 0.777. The van der Waals surface area contributed by atoms with Crippen LogP contribution >= 0.6 is 0 Å². The third-order valence-corrected chi connectivity index (χ3v) is 5.46. The summed E-state index contributed by atoms with van der Waals surface area (Å²) in [6.45, 7) is 2.21. The Morgan fingerprint density at radius 3 is 2.84 bits per heavy atom. The van der Waals surface area contributed by atoms with Gasteiger partial charge in [-0.15, -0.1) is 0 Å². The Balaban J connectivity index is 1.77. The third kappa shape index (κ3) is 3.06. The smallest absolute Gasteiger partial charge is 0.339 e. The monoisotopic (exact) mass is 337 g/mol. The Hall–Kier alpha value is -2.23. The van der Waals surface area contributed by atoms with Gasteiger partial charge in [0.05, 0.1) is 11.1 Å². The maximum Gasteiger partial charge on any atom is 0.339 e. The molecule has 0 unspecified atom stereocenters. The normalized spacial score (nSPS) is 23.3. The van der Waals surface area contributed by atoms with E-state index in [0.717, 1.165) is 54.3 Å². The van der Waals surface area contributed by atoms with Crippen LogP contribution in [0.1, 0.15) is 60.6 Å². The molecule has 1 heterocycles. The lowest BCUT2D eigenvalue weighted by Gasteiger charge is -2.26. The molecule has 2 aliphatic carbocycles. The van der Waals surface area contributed by atoms with Crippen LogP contribution < -0.4 is 0 Å². The van der Waals surface area contributed by atoms with Crippen molar-refractivity contribution in [3.63, 3.8) is 0 Å². The molecule has 0 saturated heterocycles. The minimum absolute atomic E-state index is 0.0557. The Bertz CT molecular complexity index is 842. The van der Waals surface area contributed by atoms with Gasteiger partial charge in [-0.1, -0.05) is 25.1 Å². The average molecular weight is 337 g/mol. The average Bonchev–Trinajstić information content (AvgIpc) is 2.61. The molecule has 0 aliphatic heterocycles. The molecule has 0 radical (unpaired) electrons. The standard InChI is InChI=1S/C21H23NO3/c1-13-10-11-17-15(12-13)20(14-6-2-3-7-16(14)22-17)21(24)25-19-9-5-4-8-18(19)23/h2-3,6-7,13,19H,4-5,8-12H2,1H3/t13-,19-/m1/s1. The second kappa shape index (κ2) is 6.58. The topological polar surface area (TPSA) is 56.3 Å². The maximum atomic E-state index is 13.0. The lowest BCUT2D eigenvalue weighted by Crippen LogP contribution is -2.31. The van der Waals surface area contributed by atoms with Gasteiger partial charge in [0.25, 0.3) is 0 Å². The molecule has 1 aromatic carbocycles. The molecule has 130 valence electrons. The lowest BCUT2D eigenvalue weighted by atomic mass is 9.84. The first-order valence-electron chi connectivity index (χ1n) is 9.27. The van der Waals surface area contributed by atoms with Crippen LogP contribution in [0, 0.1) is 5.92 Å². The molecule has 1 saturated carbocycles. The van der Waals surface area contributed by atoms with Gasteiger partial charge in [0.2, 0.25) is 0 Å². The highest BCUT2D eigenvalue weighted by Crippen LogP contribution is 2.32. The third-order valence-electron chi connectivity index (χ3n) is 5.46. The molecule has 4 heteroatoms. The number of hydrogen-bond donors (Lipinski definition) is 0. The summed E-state index contributed by atoms with van der Waals surface area (Å²) in [5.74, 6) is 0.225. The SMILES string of the molecule is C[C@@H]1CCc2nc3ccccc3c(C(=O)O[C@@H]3CCCCC3=O)c2C1. The van der Waals surface area contributed by atoms with Crippen molar-refractivity contribution < 1.29 is 14.3 Å². The number of aryl methyl sites for hydroxylation is 1. The van der Waals surface area contributed by atoms with Crippen molar-refractivity contribution in [2.75, 3.05) is 0 Å². The maximum absolute atomic E-state index is 13.0. The van der Waals surface area contributed by atoms with Crippen LogP contribution in [0.15, 0.2) is 24.3 Å². The zero-order valence-corrected chi connectivity index (χ0v) is 14.6. The largest absolute Gasteiger partial charge is 0.451 e. The van der Waals surface area contributed by atoms with Gasteiger partial charge in [-0.25, -0.2) is 4.79 Å². The first-order chi connectivity index (χ1) is 12.1. The van der Waals surface area contributed by atoms with E-state index in [1.54, 1.807) is 0 Å². The van der Waals surface area contributed by atoms with Gasteiger partial charge >= 0.3 is 5.97 Å². The van der Waals surface area contributed by atoms with Crippen molar-refractivity contribution in [1.29, 1.82) is 0 Å². The summed E-state index contributed by atoms with van der Waals surface area (Å²) in [7, 11) is 0. The predicted molar refractivity (Wildman–Crippen MR) is 95.6 cm³/mol. The first kappa shape index (κ1) is 16.2. The Kier molecular flexibility index (Phi) is 4.28. The molecule has 2 aliphatic rings. The highest BCUT2D eigenvalue weighted by Gasteiger charge is 2.30. The summed E-state index contributed by atoms with van der Waals surface area (Å²) in [4.78, 5) is 29.9. The van der Waals surface area contributed by atoms with Crippen LogP contribution in [0.4, 0.5) is 0 Å². The number of carbonyl (C=O) groups is 2. The number of nitrogens with zero attached hydrogens (tertiary/aromatic N) is 1. The van der Waals surface area contributed by atoms with E-state index >= 15 is 0 Å². The van der Waals surface area contributed by atoms with Crippen LogP contribution in [-0.2, 0) is 22.4 Å². The molecule has 2 atom stereocenters. The van der Waals surface area contributed by atoms with Crippen molar-refractivity contribution in [2.24, 2.45) is 5.92 Å². The van der Waals surface area contributed by atoms with E-state index < -0.39 is 6.10 Å². The zero-order valence-electron chi connectivity index (χ0n) is 14.6. The number of carbonyl (C=O) groups excluding carboxylic acids is 2. The van der Waals surface area contributed by atoms with Crippen LogP contribution in [0.2, 0.25) is 0 Å². The lowest BCUT2D eigenvalue weighted by molar-refractivity contribution is -0.129. The van der Waals surface area contributed by atoms with Crippen LogP contribution in [-0.4, -0.2) is 22.8 Å². The van der Waals surface area contributed by atoms with E-state index in [2.05, 4.69) is 6.92 Å². The van der Waals surface area contributed by atoms with Crippen molar-refractivity contribution in [1.82, 2.24) is 4.98 Å².